The average Bonchev–Trinajstić information content (AvgIpc) is 2.27. The van der Waals surface area contributed by atoms with Crippen LogP contribution in [0.25, 0.3) is 0 Å². The SMILES string of the molecule is COC(=O)c1nc(C(F)F)c(CBr)cc1Br. The smallest absolute Gasteiger partial charge is 0.357 e. The van der Waals surface area contributed by atoms with Crippen LogP contribution in [-0.4, -0.2) is 18.1 Å². The molecule has 0 aromatic carbocycles. The summed E-state index contributed by atoms with van der Waals surface area (Å²) in [7, 11) is 1.16. The van der Waals surface area contributed by atoms with Gasteiger partial charge in [-0.1, -0.05) is 15.9 Å². The van der Waals surface area contributed by atoms with Gasteiger partial charge in [0.15, 0.2) is 5.69 Å². The molecule has 0 aliphatic carbocycles. The van der Waals surface area contributed by atoms with Crippen molar-refractivity contribution in [1.29, 1.82) is 0 Å². The van der Waals surface area contributed by atoms with Crippen LogP contribution in [0.2, 0.25) is 0 Å². The van der Waals surface area contributed by atoms with E-state index in [9.17, 15) is 13.6 Å². The Morgan fingerprint density at radius 1 is 1.62 bits per heavy atom. The van der Waals surface area contributed by atoms with E-state index in [1.165, 1.54) is 6.07 Å². The second-order valence-corrected chi connectivity index (χ2v) is 4.20. The Labute approximate surface area is 107 Å². The molecule has 0 amide bonds. The highest BCUT2D eigenvalue weighted by atomic mass is 79.9. The first-order valence-electron chi connectivity index (χ1n) is 4.13. The Bertz CT molecular complexity index is 413. The third-order valence-electron chi connectivity index (χ3n) is 1.82. The molecule has 1 heterocycles. The highest BCUT2D eigenvalue weighted by molar-refractivity contribution is 9.10. The fourth-order valence-corrected chi connectivity index (χ4v) is 2.05. The number of pyridine rings is 1. The van der Waals surface area contributed by atoms with E-state index in [1.807, 2.05) is 0 Å². The third kappa shape index (κ3) is 2.76. The molecular weight excluding hydrogens is 352 g/mol. The monoisotopic (exact) mass is 357 g/mol. The minimum atomic E-state index is -2.73. The molecule has 0 saturated heterocycles. The number of halogens is 4. The maximum atomic E-state index is 12.6. The molecule has 0 atom stereocenters. The zero-order valence-corrected chi connectivity index (χ0v) is 11.3. The first kappa shape index (κ1) is 13.5. The number of carbonyl (C=O) groups excluding carboxylic acids is 1. The van der Waals surface area contributed by atoms with Gasteiger partial charge in [-0.15, -0.1) is 0 Å². The molecule has 7 heteroatoms. The molecule has 1 aromatic rings. The van der Waals surface area contributed by atoms with E-state index in [-0.39, 0.29) is 11.0 Å². The van der Waals surface area contributed by atoms with Gasteiger partial charge in [-0.25, -0.2) is 18.6 Å². The van der Waals surface area contributed by atoms with Crippen molar-refractivity contribution in [2.75, 3.05) is 7.11 Å². The first-order valence-corrected chi connectivity index (χ1v) is 6.04. The van der Waals surface area contributed by atoms with Crippen LogP contribution in [0.1, 0.15) is 28.2 Å². The van der Waals surface area contributed by atoms with Gasteiger partial charge >= 0.3 is 5.97 Å². The maximum absolute atomic E-state index is 12.6. The van der Waals surface area contributed by atoms with Crippen LogP contribution >= 0.6 is 31.9 Å². The minimum Gasteiger partial charge on any atom is -0.464 e. The van der Waals surface area contributed by atoms with E-state index in [2.05, 4.69) is 41.6 Å². The van der Waals surface area contributed by atoms with E-state index in [0.717, 1.165) is 7.11 Å². The second-order valence-electron chi connectivity index (χ2n) is 2.79. The normalized spacial score (nSPS) is 10.6. The highest BCUT2D eigenvalue weighted by Crippen LogP contribution is 2.27. The lowest BCUT2D eigenvalue weighted by molar-refractivity contribution is 0.0591. The quantitative estimate of drug-likeness (QED) is 0.613. The summed E-state index contributed by atoms with van der Waals surface area (Å²) in [6, 6.07) is 1.43. The summed E-state index contributed by atoms with van der Waals surface area (Å²) in [5, 5.41) is 0.236. The van der Waals surface area contributed by atoms with Gasteiger partial charge in [0.2, 0.25) is 0 Å². The van der Waals surface area contributed by atoms with Crippen LogP contribution in [0.5, 0.6) is 0 Å². The van der Waals surface area contributed by atoms with Crippen molar-refractivity contribution in [2.24, 2.45) is 0 Å². The van der Waals surface area contributed by atoms with Crippen molar-refractivity contribution in [3.63, 3.8) is 0 Å². The molecule has 0 fully saturated rings. The molecule has 0 saturated carbocycles. The molecule has 0 radical (unpaired) electrons. The summed E-state index contributed by atoms with van der Waals surface area (Å²) in [5.74, 6) is -0.755. The van der Waals surface area contributed by atoms with Crippen molar-refractivity contribution in [3.05, 3.63) is 27.5 Å². The summed E-state index contributed by atoms with van der Waals surface area (Å²) >= 11 is 6.16. The van der Waals surface area contributed by atoms with E-state index in [4.69, 9.17) is 0 Å². The predicted molar refractivity (Wildman–Crippen MR) is 60.9 cm³/mol. The lowest BCUT2D eigenvalue weighted by atomic mass is 10.2. The van der Waals surface area contributed by atoms with E-state index >= 15 is 0 Å². The molecule has 1 aromatic heterocycles. The van der Waals surface area contributed by atoms with Gasteiger partial charge in [0.1, 0.15) is 5.69 Å². The minimum absolute atomic E-state index is 0.150. The predicted octanol–water partition coefficient (Wildman–Crippen LogP) is 3.46. The molecule has 0 bridgehead atoms. The van der Waals surface area contributed by atoms with Crippen LogP contribution in [-0.2, 0) is 10.1 Å². The van der Waals surface area contributed by atoms with Gasteiger partial charge in [0, 0.05) is 5.33 Å². The Morgan fingerprint density at radius 2 is 2.25 bits per heavy atom. The van der Waals surface area contributed by atoms with Gasteiger partial charge in [-0.3, -0.25) is 0 Å². The Balaban J connectivity index is 3.33. The summed E-state index contributed by atoms with van der Waals surface area (Å²) in [5.41, 5.74) is -0.238. The molecular formula is C9H7Br2F2NO2. The number of nitrogens with zero attached hydrogens (tertiary/aromatic N) is 1. The molecule has 0 aliphatic heterocycles. The Morgan fingerprint density at radius 3 is 2.69 bits per heavy atom. The Hall–Kier alpha value is -0.560. The summed E-state index contributed by atoms with van der Waals surface area (Å²) in [6.07, 6.45) is -2.73. The topological polar surface area (TPSA) is 39.2 Å². The van der Waals surface area contributed by atoms with Gasteiger partial charge in [0.25, 0.3) is 6.43 Å². The fraction of sp³-hybridized carbons (Fsp3) is 0.333. The number of hydrogen-bond acceptors (Lipinski definition) is 3. The number of alkyl halides is 3. The third-order valence-corrected chi connectivity index (χ3v) is 3.03. The van der Waals surface area contributed by atoms with Gasteiger partial charge in [-0.05, 0) is 27.6 Å². The van der Waals surface area contributed by atoms with Crippen LogP contribution in [0.15, 0.2) is 10.5 Å². The van der Waals surface area contributed by atoms with Crippen molar-refractivity contribution < 1.29 is 18.3 Å². The number of ether oxygens (including phenoxy) is 1. The van der Waals surface area contributed by atoms with Crippen LogP contribution in [0.4, 0.5) is 8.78 Å². The molecule has 0 aliphatic rings. The van der Waals surface area contributed by atoms with Crippen LogP contribution in [0.3, 0.4) is 0 Å². The highest BCUT2D eigenvalue weighted by Gasteiger charge is 2.21. The van der Waals surface area contributed by atoms with E-state index < -0.39 is 18.1 Å². The number of carbonyl (C=O) groups is 1. The Kier molecular flexibility index (Phi) is 4.79. The van der Waals surface area contributed by atoms with Crippen LogP contribution in [0, 0.1) is 0 Å². The number of aromatic nitrogens is 1. The lowest BCUT2D eigenvalue weighted by Gasteiger charge is -2.09. The molecule has 1 rings (SSSR count). The zero-order valence-electron chi connectivity index (χ0n) is 8.14. The summed E-state index contributed by atoms with van der Waals surface area (Å²) in [4.78, 5) is 14.8. The lowest BCUT2D eigenvalue weighted by Crippen LogP contribution is -2.09. The standard InChI is InChI=1S/C9H7Br2F2NO2/c1-16-9(15)7-5(11)2-4(3-10)6(14-7)8(12)13/h2,8H,3H2,1H3. The fourth-order valence-electron chi connectivity index (χ4n) is 1.08. The maximum Gasteiger partial charge on any atom is 0.357 e. The van der Waals surface area contributed by atoms with Gasteiger partial charge in [0.05, 0.1) is 11.6 Å². The number of esters is 1. The molecule has 88 valence electrons. The van der Waals surface area contributed by atoms with E-state index in [1.54, 1.807) is 0 Å². The average molecular weight is 359 g/mol. The molecule has 0 N–H and O–H groups in total. The van der Waals surface area contributed by atoms with Crippen molar-refractivity contribution >= 4 is 37.8 Å². The molecule has 3 nitrogen and oxygen atoms in total. The zero-order chi connectivity index (χ0) is 12.3. The van der Waals surface area contributed by atoms with E-state index in [0.29, 0.717) is 10.0 Å². The van der Waals surface area contributed by atoms with Crippen molar-refractivity contribution in [3.8, 4) is 0 Å². The van der Waals surface area contributed by atoms with Gasteiger partial charge < -0.3 is 4.74 Å². The summed E-state index contributed by atoms with van der Waals surface area (Å²) < 4.78 is 30.1. The van der Waals surface area contributed by atoms with Crippen molar-refractivity contribution in [2.45, 2.75) is 11.8 Å². The molecule has 0 spiro atoms. The number of hydrogen-bond donors (Lipinski definition) is 0. The molecule has 16 heavy (non-hydrogen) atoms. The van der Waals surface area contributed by atoms with Crippen molar-refractivity contribution in [1.82, 2.24) is 4.98 Å². The second kappa shape index (κ2) is 5.67. The van der Waals surface area contributed by atoms with Crippen LogP contribution < -0.4 is 0 Å². The number of methoxy groups -OCH3 is 1. The summed E-state index contributed by atoms with van der Waals surface area (Å²) in [6.45, 7) is 0. The first-order chi connectivity index (χ1) is 7.51. The molecule has 0 unspecified atom stereocenters. The largest absolute Gasteiger partial charge is 0.464 e. The van der Waals surface area contributed by atoms with Gasteiger partial charge in [-0.2, -0.15) is 0 Å². The number of rotatable bonds is 3.